The van der Waals surface area contributed by atoms with E-state index in [2.05, 4.69) is 28.8 Å². The van der Waals surface area contributed by atoms with Crippen LogP contribution >= 0.6 is 0 Å². The lowest BCUT2D eigenvalue weighted by Crippen LogP contribution is -2.52. The lowest BCUT2D eigenvalue weighted by Gasteiger charge is -2.44. The molecule has 1 aliphatic carbocycles. The van der Waals surface area contributed by atoms with E-state index in [1.165, 1.54) is 45.1 Å². The quantitative estimate of drug-likeness (QED) is 0.811. The molecule has 0 aromatic carbocycles. The molecule has 1 N–H and O–H groups in total. The zero-order chi connectivity index (χ0) is 18.6. The molecule has 0 aromatic rings. The Morgan fingerprint density at radius 3 is 2.35 bits per heavy atom. The second-order valence-corrected chi connectivity index (χ2v) is 9.35. The van der Waals surface area contributed by atoms with Crippen molar-refractivity contribution in [2.24, 2.45) is 11.3 Å². The summed E-state index contributed by atoms with van der Waals surface area (Å²) in [5, 5.41) is 9.91. The first-order chi connectivity index (χ1) is 12.5. The van der Waals surface area contributed by atoms with E-state index in [1.54, 1.807) is 0 Å². The minimum Gasteiger partial charge on any atom is -0.396 e. The van der Waals surface area contributed by atoms with Crippen molar-refractivity contribution in [1.29, 1.82) is 0 Å². The van der Waals surface area contributed by atoms with E-state index < -0.39 is 0 Å². The number of aliphatic hydroxyl groups excluding tert-OH is 1. The van der Waals surface area contributed by atoms with Gasteiger partial charge in [0.2, 0.25) is 5.91 Å². The predicted molar refractivity (Wildman–Crippen MR) is 105 cm³/mol. The third-order valence-electron chi connectivity index (χ3n) is 7.02. The van der Waals surface area contributed by atoms with Crippen molar-refractivity contribution >= 4 is 5.91 Å². The van der Waals surface area contributed by atoms with Gasteiger partial charge in [0.15, 0.2) is 0 Å². The van der Waals surface area contributed by atoms with E-state index >= 15 is 0 Å². The average Bonchev–Trinajstić information content (AvgIpc) is 2.68. The zero-order valence-electron chi connectivity index (χ0n) is 17.0. The molecular weight excluding hydrogens is 326 g/mol. The first-order valence-electron chi connectivity index (χ1n) is 10.8. The summed E-state index contributed by atoms with van der Waals surface area (Å²) in [6.07, 6.45) is 10.8. The van der Waals surface area contributed by atoms with Gasteiger partial charge in [0.25, 0.3) is 0 Å². The number of rotatable bonds is 5. The molecule has 1 amide bonds. The number of hydrogen-bond donors (Lipinski definition) is 1. The van der Waals surface area contributed by atoms with E-state index in [-0.39, 0.29) is 17.9 Å². The average molecular weight is 366 g/mol. The summed E-state index contributed by atoms with van der Waals surface area (Å²) < 4.78 is 0. The number of piperidine rings is 2. The fourth-order valence-electron chi connectivity index (χ4n) is 5.48. The fourth-order valence-corrected chi connectivity index (χ4v) is 5.48. The fraction of sp³-hybridized carbons (Fsp3) is 0.952. The van der Waals surface area contributed by atoms with Gasteiger partial charge < -0.3 is 14.9 Å². The maximum absolute atomic E-state index is 13.1. The number of hydrogen-bond acceptors (Lipinski definition) is 4. The van der Waals surface area contributed by atoms with Crippen LogP contribution in [0.5, 0.6) is 0 Å². The molecule has 5 heteroatoms. The molecule has 0 spiro atoms. The van der Waals surface area contributed by atoms with Crippen LogP contribution in [-0.2, 0) is 4.79 Å². The van der Waals surface area contributed by atoms with Gasteiger partial charge in [0.1, 0.15) is 0 Å². The van der Waals surface area contributed by atoms with Gasteiger partial charge in [-0.1, -0.05) is 19.3 Å². The highest BCUT2D eigenvalue weighted by Crippen LogP contribution is 2.33. The number of carbonyl (C=O) groups excluding carboxylic acids is 1. The molecule has 0 bridgehead atoms. The molecule has 0 aromatic heterocycles. The third kappa shape index (κ3) is 4.79. The molecule has 3 rings (SSSR count). The Morgan fingerprint density at radius 2 is 1.73 bits per heavy atom. The Balaban J connectivity index is 1.52. The van der Waals surface area contributed by atoms with Crippen LogP contribution in [0.4, 0.5) is 0 Å². The van der Waals surface area contributed by atoms with Crippen molar-refractivity contribution in [1.82, 2.24) is 14.7 Å². The van der Waals surface area contributed by atoms with Crippen LogP contribution in [0, 0.1) is 11.3 Å². The highest BCUT2D eigenvalue weighted by molar-refractivity contribution is 5.79. The Labute approximate surface area is 159 Å². The maximum Gasteiger partial charge on any atom is 0.226 e. The molecule has 3 aliphatic rings. The van der Waals surface area contributed by atoms with Crippen molar-refractivity contribution in [2.45, 2.75) is 63.8 Å². The molecular formula is C21H39N3O2. The number of likely N-dealkylation sites (tertiary alicyclic amines) is 2. The normalized spacial score (nSPS) is 28.5. The molecule has 3 fully saturated rings. The standard InChI is InChI=1S/C21H39N3O2/c1-22(2)16-21(17-25)10-13-23(14-11-21)20(26)18-7-6-12-24(15-18)19-8-4-3-5-9-19/h18-19,25H,3-17H2,1-2H3. The van der Waals surface area contributed by atoms with Crippen LogP contribution in [0.15, 0.2) is 0 Å². The summed E-state index contributed by atoms with van der Waals surface area (Å²) in [7, 11) is 4.13. The number of nitrogens with zero attached hydrogens (tertiary/aromatic N) is 3. The van der Waals surface area contributed by atoms with Crippen LogP contribution in [0.1, 0.15) is 57.8 Å². The lowest BCUT2D eigenvalue weighted by atomic mass is 9.78. The summed E-state index contributed by atoms with van der Waals surface area (Å²) >= 11 is 0. The minimum atomic E-state index is -0.0268. The van der Waals surface area contributed by atoms with Gasteiger partial charge in [-0.15, -0.1) is 0 Å². The SMILES string of the molecule is CN(C)CC1(CO)CCN(C(=O)C2CCCN(C3CCCCC3)C2)CC1. The van der Waals surface area contributed by atoms with Crippen LogP contribution in [0.2, 0.25) is 0 Å². The second-order valence-electron chi connectivity index (χ2n) is 9.35. The minimum absolute atomic E-state index is 0.0268. The third-order valence-corrected chi connectivity index (χ3v) is 7.02. The highest BCUT2D eigenvalue weighted by atomic mass is 16.3. The second kappa shape index (κ2) is 9.03. The van der Waals surface area contributed by atoms with Crippen molar-refractivity contribution in [3.63, 3.8) is 0 Å². The van der Waals surface area contributed by atoms with Gasteiger partial charge in [-0.25, -0.2) is 0 Å². The highest BCUT2D eigenvalue weighted by Gasteiger charge is 2.38. The van der Waals surface area contributed by atoms with Gasteiger partial charge in [0, 0.05) is 37.6 Å². The van der Waals surface area contributed by atoms with Crippen molar-refractivity contribution in [3.05, 3.63) is 0 Å². The molecule has 26 heavy (non-hydrogen) atoms. The maximum atomic E-state index is 13.1. The number of amides is 1. The van der Waals surface area contributed by atoms with Gasteiger partial charge in [-0.05, 0) is 59.2 Å². The number of aliphatic hydroxyl groups is 1. The molecule has 2 saturated heterocycles. The summed E-state index contributed by atoms with van der Waals surface area (Å²) in [4.78, 5) is 20.0. The topological polar surface area (TPSA) is 47.0 Å². The Kier molecular flexibility index (Phi) is 6.98. The Morgan fingerprint density at radius 1 is 1.04 bits per heavy atom. The van der Waals surface area contributed by atoms with Crippen LogP contribution < -0.4 is 0 Å². The van der Waals surface area contributed by atoms with E-state index in [1.807, 2.05) is 0 Å². The van der Waals surface area contributed by atoms with E-state index in [0.29, 0.717) is 5.91 Å². The van der Waals surface area contributed by atoms with Gasteiger partial charge >= 0.3 is 0 Å². The summed E-state index contributed by atoms with van der Waals surface area (Å²) in [5.74, 6) is 0.572. The summed E-state index contributed by atoms with van der Waals surface area (Å²) in [6.45, 7) is 4.92. The molecule has 0 radical (unpaired) electrons. The Bertz CT molecular complexity index is 454. The van der Waals surface area contributed by atoms with Crippen molar-refractivity contribution < 1.29 is 9.90 Å². The first-order valence-corrected chi connectivity index (χ1v) is 10.8. The molecule has 2 aliphatic heterocycles. The van der Waals surface area contributed by atoms with Crippen LogP contribution in [0.3, 0.4) is 0 Å². The van der Waals surface area contributed by atoms with Gasteiger partial charge in [0.05, 0.1) is 12.5 Å². The van der Waals surface area contributed by atoms with Crippen LogP contribution in [-0.4, -0.2) is 85.2 Å². The van der Waals surface area contributed by atoms with Gasteiger partial charge in [-0.2, -0.15) is 0 Å². The number of carbonyl (C=O) groups is 1. The molecule has 150 valence electrons. The summed E-state index contributed by atoms with van der Waals surface area (Å²) in [6, 6.07) is 0.725. The smallest absolute Gasteiger partial charge is 0.226 e. The molecule has 1 unspecified atom stereocenters. The zero-order valence-corrected chi connectivity index (χ0v) is 17.0. The lowest BCUT2D eigenvalue weighted by molar-refractivity contribution is -0.141. The molecule has 2 heterocycles. The van der Waals surface area contributed by atoms with E-state index in [0.717, 1.165) is 51.5 Å². The van der Waals surface area contributed by atoms with E-state index in [9.17, 15) is 9.90 Å². The van der Waals surface area contributed by atoms with Gasteiger partial charge in [-0.3, -0.25) is 9.69 Å². The van der Waals surface area contributed by atoms with Crippen LogP contribution in [0.25, 0.3) is 0 Å². The molecule has 1 saturated carbocycles. The van der Waals surface area contributed by atoms with Crippen molar-refractivity contribution in [2.75, 3.05) is 53.4 Å². The monoisotopic (exact) mass is 365 g/mol. The summed E-state index contributed by atoms with van der Waals surface area (Å²) in [5.41, 5.74) is -0.0268. The van der Waals surface area contributed by atoms with Crippen molar-refractivity contribution in [3.8, 4) is 0 Å². The van der Waals surface area contributed by atoms with E-state index in [4.69, 9.17) is 0 Å². The molecule has 1 atom stereocenters. The predicted octanol–water partition coefficient (Wildman–Crippen LogP) is 2.19. The first kappa shape index (κ1) is 20.1. The molecule has 5 nitrogen and oxygen atoms in total. The largest absolute Gasteiger partial charge is 0.396 e. The Hall–Kier alpha value is -0.650.